The summed E-state index contributed by atoms with van der Waals surface area (Å²) in [5, 5.41) is 24.6. The molecule has 2 N–H and O–H groups in total. The van der Waals surface area contributed by atoms with E-state index in [0.29, 0.717) is 23.5 Å². The van der Waals surface area contributed by atoms with E-state index in [1.807, 2.05) is 0 Å². The number of nitrogens with zero attached hydrogens (tertiary/aromatic N) is 4. The number of phenols is 1. The summed E-state index contributed by atoms with van der Waals surface area (Å²) in [7, 11) is 2.74. The van der Waals surface area contributed by atoms with Crippen molar-refractivity contribution in [1.29, 1.82) is 0 Å². The number of hydrogen-bond acceptors (Lipinski definition) is 10. The molecule has 0 fully saturated rings. The Morgan fingerprint density at radius 2 is 1.91 bits per heavy atom. The fraction of sp³-hybridized carbons (Fsp3) is 0.227. The van der Waals surface area contributed by atoms with Crippen LogP contribution in [0.25, 0.3) is 0 Å². The van der Waals surface area contributed by atoms with E-state index in [9.17, 15) is 14.7 Å². The second-order valence-electron chi connectivity index (χ2n) is 6.97. The third kappa shape index (κ3) is 3.95. The van der Waals surface area contributed by atoms with Crippen LogP contribution in [0.2, 0.25) is 0 Å². The lowest BCUT2D eigenvalue weighted by Crippen LogP contribution is -2.33. The largest absolute Gasteiger partial charge is 0.504 e. The van der Waals surface area contributed by atoms with Crippen LogP contribution in [0.3, 0.4) is 0 Å². The predicted molar refractivity (Wildman–Crippen MR) is 115 cm³/mol. The molecule has 1 aliphatic rings. The number of esters is 1. The van der Waals surface area contributed by atoms with Crippen LogP contribution < -0.4 is 14.8 Å². The number of allylic oxidation sites excluding steroid dienone is 1. The zero-order chi connectivity index (χ0) is 23.5. The summed E-state index contributed by atoms with van der Waals surface area (Å²) in [6, 6.07) is 10.2. The van der Waals surface area contributed by atoms with Crippen LogP contribution in [0, 0.1) is 0 Å². The molecule has 1 aromatic heterocycles. The Kier molecular flexibility index (Phi) is 5.94. The number of hydrogen-bond donors (Lipinski definition) is 2. The first-order valence-electron chi connectivity index (χ1n) is 10.00. The van der Waals surface area contributed by atoms with E-state index in [4.69, 9.17) is 14.2 Å². The zero-order valence-corrected chi connectivity index (χ0v) is 18.1. The molecule has 3 aromatic rings. The highest BCUT2D eigenvalue weighted by Gasteiger charge is 2.38. The number of phenolic OH excluding ortho intramolecular Hbond substituents is 1. The lowest BCUT2D eigenvalue weighted by atomic mass is 9.89. The number of carbonyl (C=O) groups is 2. The van der Waals surface area contributed by atoms with Crippen molar-refractivity contribution in [2.75, 3.05) is 26.1 Å². The number of ether oxygens (including phenoxy) is 3. The third-order valence-electron chi connectivity index (χ3n) is 5.10. The van der Waals surface area contributed by atoms with E-state index in [-0.39, 0.29) is 28.7 Å². The molecular formula is C22H21N5O6. The number of anilines is 1. The lowest BCUT2D eigenvalue weighted by molar-refractivity contribution is -0.136. The maximum atomic E-state index is 13.7. The molecule has 0 radical (unpaired) electrons. The van der Waals surface area contributed by atoms with Crippen molar-refractivity contribution in [2.24, 2.45) is 0 Å². The van der Waals surface area contributed by atoms with E-state index >= 15 is 0 Å². The minimum absolute atomic E-state index is 0.0633. The van der Waals surface area contributed by atoms with E-state index in [0.717, 1.165) is 0 Å². The van der Waals surface area contributed by atoms with Gasteiger partial charge in [-0.1, -0.05) is 11.2 Å². The number of methoxy groups -OCH3 is 2. The van der Waals surface area contributed by atoms with Crippen LogP contribution >= 0.6 is 0 Å². The second kappa shape index (κ2) is 8.99. The molecule has 2 heterocycles. The fourth-order valence-corrected chi connectivity index (χ4v) is 3.57. The second-order valence-corrected chi connectivity index (χ2v) is 6.97. The van der Waals surface area contributed by atoms with Gasteiger partial charge in [0, 0.05) is 5.56 Å². The number of tetrazole rings is 1. The molecular weight excluding hydrogens is 430 g/mol. The number of aromatic nitrogens is 4. The Labute approximate surface area is 188 Å². The van der Waals surface area contributed by atoms with Crippen LogP contribution in [0.4, 0.5) is 5.95 Å². The topological polar surface area (TPSA) is 138 Å². The number of Topliss-reactive ketones (excluding diaryl/α,β-unsaturated/α-hetero) is 1. The van der Waals surface area contributed by atoms with Crippen molar-refractivity contribution in [3.05, 3.63) is 64.9 Å². The Morgan fingerprint density at radius 3 is 2.58 bits per heavy atom. The first-order valence-corrected chi connectivity index (χ1v) is 10.00. The highest BCUT2D eigenvalue weighted by Crippen LogP contribution is 2.39. The van der Waals surface area contributed by atoms with Gasteiger partial charge in [0.1, 0.15) is 17.5 Å². The van der Waals surface area contributed by atoms with Gasteiger partial charge in [0.05, 0.1) is 26.4 Å². The summed E-state index contributed by atoms with van der Waals surface area (Å²) in [5.74, 6) is -0.309. The predicted octanol–water partition coefficient (Wildman–Crippen LogP) is 2.11. The Hall–Kier alpha value is -4.41. The van der Waals surface area contributed by atoms with Gasteiger partial charge in [-0.25, -0.2) is 4.79 Å². The fourth-order valence-electron chi connectivity index (χ4n) is 3.57. The molecule has 1 atom stereocenters. The SMILES string of the molecule is CCOc1cc(C2C(C(=O)c3ccc(OC)cc3)=C(C(=O)OC)Nc3nnnn32)ccc1O. The van der Waals surface area contributed by atoms with Crippen molar-refractivity contribution in [3.63, 3.8) is 0 Å². The van der Waals surface area contributed by atoms with Crippen LogP contribution in [0.1, 0.15) is 28.9 Å². The molecule has 1 aliphatic heterocycles. The van der Waals surface area contributed by atoms with Gasteiger partial charge in [0.25, 0.3) is 0 Å². The van der Waals surface area contributed by atoms with Crippen LogP contribution in [-0.2, 0) is 9.53 Å². The first-order chi connectivity index (χ1) is 16.0. The molecule has 1 unspecified atom stereocenters. The van der Waals surface area contributed by atoms with Gasteiger partial charge >= 0.3 is 5.97 Å². The molecule has 33 heavy (non-hydrogen) atoms. The third-order valence-corrected chi connectivity index (χ3v) is 5.10. The van der Waals surface area contributed by atoms with Gasteiger partial charge in [-0.05, 0) is 59.3 Å². The van der Waals surface area contributed by atoms with E-state index in [1.165, 1.54) is 25.0 Å². The van der Waals surface area contributed by atoms with Crippen molar-refractivity contribution in [3.8, 4) is 17.2 Å². The highest BCUT2D eigenvalue weighted by molar-refractivity contribution is 6.15. The molecule has 0 bridgehead atoms. The first kappa shape index (κ1) is 21.8. The van der Waals surface area contributed by atoms with Gasteiger partial charge in [-0.3, -0.25) is 4.79 Å². The number of nitrogens with one attached hydrogen (secondary N) is 1. The summed E-state index contributed by atoms with van der Waals surface area (Å²) in [6.45, 7) is 2.10. The van der Waals surface area contributed by atoms with Gasteiger partial charge in [0.2, 0.25) is 5.95 Å². The van der Waals surface area contributed by atoms with Crippen LogP contribution in [0.5, 0.6) is 17.2 Å². The van der Waals surface area contributed by atoms with Gasteiger partial charge in [-0.15, -0.1) is 0 Å². The van der Waals surface area contributed by atoms with E-state index in [1.54, 1.807) is 43.3 Å². The molecule has 170 valence electrons. The van der Waals surface area contributed by atoms with Crippen molar-refractivity contribution in [1.82, 2.24) is 20.2 Å². The molecule has 0 aliphatic carbocycles. The molecule has 0 amide bonds. The van der Waals surface area contributed by atoms with Crippen LogP contribution in [0.15, 0.2) is 53.7 Å². The standard InChI is InChI=1S/C22H21N5O6/c1-4-33-16-11-13(7-10-15(16)28)19-17(20(29)12-5-8-14(31-2)9-6-12)18(21(30)32-3)23-22-24-25-26-27(19)22/h5-11,19,28H,4H2,1-3H3,(H,23,24,26). The van der Waals surface area contributed by atoms with Gasteiger partial charge < -0.3 is 24.6 Å². The average Bonchev–Trinajstić information content (AvgIpc) is 3.32. The van der Waals surface area contributed by atoms with Gasteiger partial charge in [-0.2, -0.15) is 4.68 Å². The summed E-state index contributed by atoms with van der Waals surface area (Å²) < 4.78 is 17.0. The summed E-state index contributed by atoms with van der Waals surface area (Å²) in [6.07, 6.45) is 0. The normalized spacial score (nSPS) is 14.8. The zero-order valence-electron chi connectivity index (χ0n) is 18.1. The minimum atomic E-state index is -0.903. The number of fused-ring (bicyclic) bond motifs is 1. The molecule has 0 spiro atoms. The lowest BCUT2D eigenvalue weighted by Gasteiger charge is -2.28. The maximum absolute atomic E-state index is 13.7. The molecule has 4 rings (SSSR count). The number of rotatable bonds is 7. The molecule has 2 aromatic carbocycles. The molecule has 11 heteroatoms. The minimum Gasteiger partial charge on any atom is -0.504 e. The number of carbonyl (C=O) groups excluding carboxylic acids is 2. The highest BCUT2D eigenvalue weighted by atomic mass is 16.5. The maximum Gasteiger partial charge on any atom is 0.355 e. The monoisotopic (exact) mass is 451 g/mol. The Morgan fingerprint density at radius 1 is 1.15 bits per heavy atom. The molecule has 0 saturated carbocycles. The van der Waals surface area contributed by atoms with Crippen molar-refractivity contribution >= 4 is 17.7 Å². The van der Waals surface area contributed by atoms with Crippen LogP contribution in [-0.4, -0.2) is 57.9 Å². The summed E-state index contributed by atoms with van der Waals surface area (Å²) in [4.78, 5) is 26.4. The summed E-state index contributed by atoms with van der Waals surface area (Å²) >= 11 is 0. The quantitative estimate of drug-likeness (QED) is 0.406. The summed E-state index contributed by atoms with van der Waals surface area (Å²) in [5.41, 5.74) is 0.820. The smallest absolute Gasteiger partial charge is 0.355 e. The number of benzene rings is 2. The molecule has 11 nitrogen and oxygen atoms in total. The van der Waals surface area contributed by atoms with Crippen molar-refractivity contribution < 1.29 is 28.9 Å². The number of aromatic hydroxyl groups is 1. The number of ketones is 1. The van der Waals surface area contributed by atoms with Gasteiger partial charge in [0.15, 0.2) is 17.3 Å². The Bertz CT molecular complexity index is 1230. The van der Waals surface area contributed by atoms with E-state index in [2.05, 4.69) is 20.8 Å². The van der Waals surface area contributed by atoms with E-state index < -0.39 is 17.8 Å². The average molecular weight is 451 g/mol. The Balaban J connectivity index is 1.92. The molecule has 0 saturated heterocycles. The van der Waals surface area contributed by atoms with Crippen molar-refractivity contribution in [2.45, 2.75) is 13.0 Å².